The predicted octanol–water partition coefficient (Wildman–Crippen LogP) is 1.68. The Morgan fingerprint density at radius 3 is 2.25 bits per heavy atom. The lowest BCUT2D eigenvalue weighted by Crippen LogP contribution is -2.17. The summed E-state index contributed by atoms with van der Waals surface area (Å²) in [7, 11) is -10.3. The van der Waals surface area contributed by atoms with Crippen LogP contribution in [0.4, 0.5) is 17.6 Å². The SMILES string of the molecule is O=P(O)(O)COS(=O)(=O)c1c(F)cccc1C(F)(F)F. The molecule has 0 aromatic heterocycles. The van der Waals surface area contributed by atoms with Gasteiger partial charge >= 0.3 is 23.9 Å². The quantitative estimate of drug-likeness (QED) is 0.492. The fourth-order valence-electron chi connectivity index (χ4n) is 1.18. The third kappa shape index (κ3) is 4.25. The number of halogens is 4. The first-order valence-corrected chi connectivity index (χ1v) is 7.85. The molecule has 12 heteroatoms. The van der Waals surface area contributed by atoms with Crippen LogP contribution in [0.15, 0.2) is 23.1 Å². The van der Waals surface area contributed by atoms with Crippen molar-refractivity contribution in [1.29, 1.82) is 0 Å². The van der Waals surface area contributed by atoms with Gasteiger partial charge in [-0.1, -0.05) is 6.07 Å². The molecule has 0 bridgehead atoms. The van der Waals surface area contributed by atoms with E-state index >= 15 is 0 Å². The lowest BCUT2D eigenvalue weighted by Gasteiger charge is -2.14. The van der Waals surface area contributed by atoms with Crippen molar-refractivity contribution in [2.24, 2.45) is 0 Å². The van der Waals surface area contributed by atoms with Crippen molar-refractivity contribution in [3.8, 4) is 0 Å². The highest BCUT2D eigenvalue weighted by molar-refractivity contribution is 7.87. The Hall–Kier alpha value is -1.00. The maximum atomic E-state index is 13.3. The molecule has 0 fully saturated rings. The fourth-order valence-corrected chi connectivity index (χ4v) is 3.17. The van der Waals surface area contributed by atoms with Gasteiger partial charge in [-0.05, 0) is 12.1 Å². The highest BCUT2D eigenvalue weighted by atomic mass is 32.2. The number of alkyl halides is 3. The van der Waals surface area contributed by atoms with Crippen molar-refractivity contribution in [2.75, 3.05) is 6.35 Å². The van der Waals surface area contributed by atoms with Gasteiger partial charge in [-0.2, -0.15) is 21.6 Å². The minimum absolute atomic E-state index is 0.302. The van der Waals surface area contributed by atoms with Crippen LogP contribution < -0.4 is 0 Å². The molecule has 0 aliphatic carbocycles. The molecule has 0 atom stereocenters. The Balaban J connectivity index is 3.35. The summed E-state index contributed by atoms with van der Waals surface area (Å²) in [6.45, 7) is 0. The molecule has 0 aliphatic rings. The average molecular weight is 338 g/mol. The first-order valence-electron chi connectivity index (χ1n) is 4.64. The minimum Gasteiger partial charge on any atom is -0.323 e. The summed E-state index contributed by atoms with van der Waals surface area (Å²) in [5.41, 5.74) is -1.83. The number of benzene rings is 1. The Bertz CT molecular complexity index is 649. The molecule has 6 nitrogen and oxygen atoms in total. The van der Waals surface area contributed by atoms with E-state index in [1.54, 1.807) is 0 Å². The lowest BCUT2D eigenvalue weighted by atomic mass is 10.2. The van der Waals surface area contributed by atoms with E-state index in [9.17, 15) is 30.5 Å². The second kappa shape index (κ2) is 5.41. The monoisotopic (exact) mass is 338 g/mol. The summed E-state index contributed by atoms with van der Waals surface area (Å²) in [6.07, 6.45) is -6.88. The Morgan fingerprint density at radius 1 is 1.25 bits per heavy atom. The minimum atomic E-state index is -5.33. The molecule has 0 heterocycles. The fraction of sp³-hybridized carbons (Fsp3) is 0.250. The molecule has 2 N–H and O–H groups in total. The van der Waals surface area contributed by atoms with Crippen molar-refractivity contribution in [3.05, 3.63) is 29.6 Å². The van der Waals surface area contributed by atoms with Gasteiger partial charge in [0.05, 0.1) is 5.56 Å². The van der Waals surface area contributed by atoms with E-state index in [-0.39, 0.29) is 0 Å². The van der Waals surface area contributed by atoms with E-state index in [0.717, 1.165) is 0 Å². The topological polar surface area (TPSA) is 101 Å². The van der Waals surface area contributed by atoms with Crippen molar-refractivity contribution in [2.45, 2.75) is 11.1 Å². The summed E-state index contributed by atoms with van der Waals surface area (Å²) in [4.78, 5) is 15.0. The van der Waals surface area contributed by atoms with Gasteiger partial charge in [-0.15, -0.1) is 0 Å². The normalized spacial score (nSPS) is 13.5. The first kappa shape index (κ1) is 17.1. The Kier molecular flexibility index (Phi) is 4.62. The molecular formula is C8H7F4O6PS. The summed E-state index contributed by atoms with van der Waals surface area (Å²) < 4.78 is 88.3. The summed E-state index contributed by atoms with van der Waals surface area (Å²) in [6, 6.07) is 1.39. The van der Waals surface area contributed by atoms with Crippen LogP contribution in [0, 0.1) is 5.82 Å². The van der Waals surface area contributed by atoms with E-state index in [1.807, 2.05) is 0 Å². The maximum Gasteiger partial charge on any atom is 0.417 e. The van der Waals surface area contributed by atoms with E-state index < -0.39 is 46.5 Å². The molecule has 0 radical (unpaired) electrons. The standard InChI is InChI=1S/C8H7F4O6PS/c9-6-3-1-2-5(8(10,11)12)7(6)20(16,17)18-4-19(13,14)15/h1-3H,4H2,(H2,13,14,15). The molecule has 114 valence electrons. The number of hydrogen-bond acceptors (Lipinski definition) is 4. The smallest absolute Gasteiger partial charge is 0.323 e. The van der Waals surface area contributed by atoms with Crippen LogP contribution in [0.2, 0.25) is 0 Å². The Morgan fingerprint density at radius 2 is 1.80 bits per heavy atom. The summed E-state index contributed by atoms with van der Waals surface area (Å²) >= 11 is 0. The summed E-state index contributed by atoms with van der Waals surface area (Å²) in [5, 5.41) is 0. The van der Waals surface area contributed by atoms with Gasteiger partial charge in [-0.25, -0.2) is 4.39 Å². The zero-order chi connectivity index (χ0) is 15.8. The van der Waals surface area contributed by atoms with E-state index in [4.69, 9.17) is 9.79 Å². The maximum absolute atomic E-state index is 13.3. The second-order valence-electron chi connectivity index (χ2n) is 3.48. The number of hydrogen-bond donors (Lipinski definition) is 2. The van der Waals surface area contributed by atoms with Crippen LogP contribution >= 0.6 is 7.60 Å². The third-order valence-electron chi connectivity index (χ3n) is 1.90. The number of rotatable bonds is 4. The van der Waals surface area contributed by atoms with Crippen LogP contribution in [-0.4, -0.2) is 24.6 Å². The molecule has 1 aromatic rings. The predicted molar refractivity (Wildman–Crippen MR) is 56.6 cm³/mol. The van der Waals surface area contributed by atoms with Crippen LogP contribution in [-0.2, 0) is 25.0 Å². The van der Waals surface area contributed by atoms with Gasteiger partial charge in [0, 0.05) is 0 Å². The van der Waals surface area contributed by atoms with Gasteiger partial charge in [0.15, 0.2) is 6.35 Å². The van der Waals surface area contributed by atoms with Crippen LogP contribution in [0.25, 0.3) is 0 Å². The van der Waals surface area contributed by atoms with Gasteiger partial charge in [0.1, 0.15) is 10.7 Å². The van der Waals surface area contributed by atoms with Crippen molar-refractivity contribution >= 4 is 17.7 Å². The molecule has 0 saturated carbocycles. The molecule has 0 saturated heterocycles. The van der Waals surface area contributed by atoms with Gasteiger partial charge in [0.25, 0.3) is 0 Å². The molecule has 0 aliphatic heterocycles. The van der Waals surface area contributed by atoms with Gasteiger partial charge in [-0.3, -0.25) is 8.75 Å². The largest absolute Gasteiger partial charge is 0.417 e. The van der Waals surface area contributed by atoms with Crippen molar-refractivity contribution in [3.63, 3.8) is 0 Å². The molecule has 0 amide bonds. The van der Waals surface area contributed by atoms with Crippen molar-refractivity contribution in [1.82, 2.24) is 0 Å². The molecule has 0 unspecified atom stereocenters. The molecule has 1 aromatic carbocycles. The van der Waals surface area contributed by atoms with Crippen molar-refractivity contribution < 1.29 is 44.5 Å². The Labute approximate surface area is 110 Å². The molecular weight excluding hydrogens is 331 g/mol. The van der Waals surface area contributed by atoms with Crippen LogP contribution in [0.5, 0.6) is 0 Å². The molecule has 0 spiro atoms. The van der Waals surface area contributed by atoms with E-state index in [1.165, 1.54) is 0 Å². The highest BCUT2D eigenvalue weighted by Gasteiger charge is 2.40. The second-order valence-corrected chi connectivity index (χ2v) is 6.62. The molecule has 20 heavy (non-hydrogen) atoms. The first-order chi connectivity index (χ1) is 8.84. The van der Waals surface area contributed by atoms with Gasteiger partial charge in [0.2, 0.25) is 0 Å². The zero-order valence-corrected chi connectivity index (χ0v) is 11.0. The lowest BCUT2D eigenvalue weighted by molar-refractivity contribution is -0.140. The van der Waals surface area contributed by atoms with Crippen LogP contribution in [0.1, 0.15) is 5.56 Å². The van der Waals surface area contributed by atoms with Gasteiger partial charge < -0.3 is 9.79 Å². The van der Waals surface area contributed by atoms with E-state index in [2.05, 4.69) is 4.18 Å². The highest BCUT2D eigenvalue weighted by Crippen LogP contribution is 2.39. The average Bonchev–Trinajstić information content (AvgIpc) is 2.24. The third-order valence-corrected chi connectivity index (χ3v) is 3.88. The zero-order valence-electron chi connectivity index (χ0n) is 9.33. The van der Waals surface area contributed by atoms with E-state index in [0.29, 0.717) is 18.2 Å². The van der Waals surface area contributed by atoms with Crippen LogP contribution in [0.3, 0.4) is 0 Å². The summed E-state index contributed by atoms with van der Waals surface area (Å²) in [5.74, 6) is -1.74. The molecule has 1 rings (SSSR count).